The number of carbonyl (C=O) groups is 2. The van der Waals surface area contributed by atoms with E-state index >= 15 is 0 Å². The number of aryl methyl sites for hydroxylation is 2. The number of benzene rings is 1. The highest BCUT2D eigenvalue weighted by Crippen LogP contribution is 2.17. The zero-order chi connectivity index (χ0) is 17.4. The molecule has 1 heterocycles. The zero-order valence-corrected chi connectivity index (χ0v) is 14.2. The van der Waals surface area contributed by atoms with Gasteiger partial charge in [0.2, 0.25) is 5.91 Å². The van der Waals surface area contributed by atoms with E-state index in [-0.39, 0.29) is 5.91 Å². The van der Waals surface area contributed by atoms with Gasteiger partial charge in [-0.1, -0.05) is 12.1 Å². The molecule has 0 aliphatic rings. The molecule has 0 bridgehead atoms. The van der Waals surface area contributed by atoms with E-state index in [0.29, 0.717) is 18.2 Å². The van der Waals surface area contributed by atoms with Crippen LogP contribution >= 0.6 is 11.3 Å². The third-order valence-corrected chi connectivity index (χ3v) is 4.00. The smallest absolute Gasteiger partial charge is 0.404 e. The Balaban J connectivity index is 1.76. The molecule has 0 saturated carbocycles. The minimum absolute atomic E-state index is 0.113. The van der Waals surface area contributed by atoms with Crippen LogP contribution in [0.4, 0.5) is 15.6 Å². The number of hydrogen-bond donors (Lipinski definition) is 4. The second kappa shape index (κ2) is 8.88. The number of nitrogens with one attached hydrogen (secondary N) is 3. The first kappa shape index (κ1) is 17.7. The SMILES string of the molecule is CC(=O)Nc1nc(CCc2ccc(NCCNC(=O)O)cc2)cs1. The fourth-order valence-corrected chi connectivity index (χ4v) is 2.86. The maximum Gasteiger partial charge on any atom is 0.404 e. The van der Waals surface area contributed by atoms with Crippen LogP contribution in [0.5, 0.6) is 0 Å². The van der Waals surface area contributed by atoms with Gasteiger partial charge in [-0.25, -0.2) is 9.78 Å². The largest absolute Gasteiger partial charge is 0.465 e. The molecule has 0 fully saturated rings. The molecule has 2 amide bonds. The number of aromatic nitrogens is 1. The van der Waals surface area contributed by atoms with Crippen molar-refractivity contribution in [1.29, 1.82) is 0 Å². The van der Waals surface area contributed by atoms with Crippen molar-refractivity contribution in [2.24, 2.45) is 0 Å². The van der Waals surface area contributed by atoms with E-state index in [0.717, 1.165) is 24.2 Å². The van der Waals surface area contributed by atoms with E-state index in [1.165, 1.54) is 23.8 Å². The van der Waals surface area contributed by atoms with Crippen molar-refractivity contribution in [1.82, 2.24) is 10.3 Å². The minimum atomic E-state index is -1.02. The number of anilines is 2. The zero-order valence-electron chi connectivity index (χ0n) is 13.3. The summed E-state index contributed by atoms with van der Waals surface area (Å²) in [6.45, 7) is 2.36. The average molecular weight is 348 g/mol. The van der Waals surface area contributed by atoms with Gasteiger partial charge in [-0.05, 0) is 30.5 Å². The molecule has 24 heavy (non-hydrogen) atoms. The van der Waals surface area contributed by atoms with E-state index < -0.39 is 6.09 Å². The third-order valence-electron chi connectivity index (χ3n) is 3.19. The molecular weight excluding hydrogens is 328 g/mol. The fourth-order valence-electron chi connectivity index (χ4n) is 2.07. The van der Waals surface area contributed by atoms with E-state index in [1.54, 1.807) is 0 Å². The Kier molecular flexibility index (Phi) is 6.56. The predicted molar refractivity (Wildman–Crippen MR) is 94.8 cm³/mol. The van der Waals surface area contributed by atoms with Crippen LogP contribution in [0.25, 0.3) is 0 Å². The molecule has 4 N–H and O–H groups in total. The summed E-state index contributed by atoms with van der Waals surface area (Å²) in [7, 11) is 0. The summed E-state index contributed by atoms with van der Waals surface area (Å²) >= 11 is 1.43. The Morgan fingerprint density at radius 3 is 2.58 bits per heavy atom. The van der Waals surface area contributed by atoms with Crippen LogP contribution in [0.15, 0.2) is 29.6 Å². The first-order chi connectivity index (χ1) is 11.5. The van der Waals surface area contributed by atoms with Crippen molar-refractivity contribution in [2.45, 2.75) is 19.8 Å². The summed E-state index contributed by atoms with van der Waals surface area (Å²) in [5.74, 6) is -0.113. The number of amides is 2. The first-order valence-corrected chi connectivity index (χ1v) is 8.42. The monoisotopic (exact) mass is 348 g/mol. The predicted octanol–water partition coefficient (Wildman–Crippen LogP) is 2.57. The number of nitrogens with zero attached hydrogens (tertiary/aromatic N) is 1. The molecule has 1 aromatic heterocycles. The van der Waals surface area contributed by atoms with Crippen LogP contribution in [-0.2, 0) is 17.6 Å². The molecule has 0 unspecified atom stereocenters. The Morgan fingerprint density at radius 1 is 1.17 bits per heavy atom. The fraction of sp³-hybridized carbons (Fsp3) is 0.312. The minimum Gasteiger partial charge on any atom is -0.465 e. The highest BCUT2D eigenvalue weighted by molar-refractivity contribution is 7.13. The molecule has 0 spiro atoms. The van der Waals surface area contributed by atoms with Crippen LogP contribution < -0.4 is 16.0 Å². The molecule has 128 valence electrons. The molecule has 8 heteroatoms. The normalized spacial score (nSPS) is 10.2. The molecule has 2 aromatic rings. The molecule has 0 saturated heterocycles. The van der Waals surface area contributed by atoms with E-state index in [4.69, 9.17) is 5.11 Å². The highest BCUT2D eigenvalue weighted by Gasteiger charge is 2.04. The number of carboxylic acid groups (broad SMARTS) is 1. The van der Waals surface area contributed by atoms with Crippen LogP contribution in [-0.4, -0.2) is 35.2 Å². The maximum atomic E-state index is 11.0. The van der Waals surface area contributed by atoms with Gasteiger partial charge in [-0.15, -0.1) is 11.3 Å². The maximum absolute atomic E-state index is 11.0. The van der Waals surface area contributed by atoms with Crippen molar-refractivity contribution in [2.75, 3.05) is 23.7 Å². The second-order valence-corrected chi connectivity index (χ2v) is 6.04. The summed E-state index contributed by atoms with van der Waals surface area (Å²) in [6, 6.07) is 8.02. The lowest BCUT2D eigenvalue weighted by atomic mass is 10.1. The van der Waals surface area contributed by atoms with E-state index in [2.05, 4.69) is 20.9 Å². The van der Waals surface area contributed by atoms with Gasteiger partial charge in [0.05, 0.1) is 5.69 Å². The number of carbonyl (C=O) groups excluding carboxylic acids is 1. The Hall–Kier alpha value is -2.61. The average Bonchev–Trinajstić information content (AvgIpc) is 2.97. The summed E-state index contributed by atoms with van der Waals surface area (Å²) in [4.78, 5) is 25.7. The Labute approximate surface area is 144 Å². The molecule has 2 rings (SSSR count). The van der Waals surface area contributed by atoms with Crippen LogP contribution in [0.2, 0.25) is 0 Å². The Bertz CT molecular complexity index is 685. The topological polar surface area (TPSA) is 103 Å². The van der Waals surface area contributed by atoms with Gasteiger partial charge in [0.25, 0.3) is 0 Å². The summed E-state index contributed by atoms with van der Waals surface area (Å²) in [6.07, 6.45) is 0.658. The van der Waals surface area contributed by atoms with Crippen LogP contribution in [0.3, 0.4) is 0 Å². The number of thiazole rings is 1. The van der Waals surface area contributed by atoms with Gasteiger partial charge in [-0.3, -0.25) is 4.79 Å². The van der Waals surface area contributed by atoms with Gasteiger partial charge in [0, 0.05) is 31.1 Å². The van der Waals surface area contributed by atoms with Crippen LogP contribution in [0, 0.1) is 0 Å². The second-order valence-electron chi connectivity index (χ2n) is 5.18. The molecule has 0 atom stereocenters. The third kappa shape index (κ3) is 6.25. The number of rotatable bonds is 8. The highest BCUT2D eigenvalue weighted by atomic mass is 32.1. The van der Waals surface area contributed by atoms with Crippen molar-refractivity contribution >= 4 is 34.2 Å². The molecule has 0 aliphatic carbocycles. The first-order valence-electron chi connectivity index (χ1n) is 7.54. The lowest BCUT2D eigenvalue weighted by Gasteiger charge is -2.07. The van der Waals surface area contributed by atoms with Crippen molar-refractivity contribution in [3.63, 3.8) is 0 Å². The van der Waals surface area contributed by atoms with E-state index in [9.17, 15) is 9.59 Å². The Morgan fingerprint density at radius 2 is 1.92 bits per heavy atom. The number of hydrogen-bond acceptors (Lipinski definition) is 5. The van der Waals surface area contributed by atoms with Crippen molar-refractivity contribution in [3.05, 3.63) is 40.9 Å². The van der Waals surface area contributed by atoms with Crippen molar-refractivity contribution < 1.29 is 14.7 Å². The molecular formula is C16H20N4O3S. The quantitative estimate of drug-likeness (QED) is 0.549. The van der Waals surface area contributed by atoms with Crippen LogP contribution in [0.1, 0.15) is 18.2 Å². The van der Waals surface area contributed by atoms with Gasteiger partial charge in [0.1, 0.15) is 0 Å². The van der Waals surface area contributed by atoms with Gasteiger partial charge < -0.3 is 21.1 Å². The standard InChI is InChI=1S/C16H20N4O3S/c1-11(21)19-15-20-14(10-24-15)7-4-12-2-5-13(6-3-12)17-8-9-18-16(22)23/h2-3,5-6,10,17-18H,4,7-9H2,1H3,(H,22,23)(H,19,20,21). The summed E-state index contributed by atoms with van der Waals surface area (Å²) in [5, 5.41) is 19.2. The summed E-state index contributed by atoms with van der Waals surface area (Å²) in [5.41, 5.74) is 3.11. The van der Waals surface area contributed by atoms with Gasteiger partial charge in [-0.2, -0.15) is 0 Å². The molecule has 0 aliphatic heterocycles. The van der Waals surface area contributed by atoms with E-state index in [1.807, 2.05) is 29.6 Å². The lowest BCUT2D eigenvalue weighted by molar-refractivity contribution is -0.114. The van der Waals surface area contributed by atoms with Gasteiger partial charge >= 0.3 is 6.09 Å². The molecule has 0 radical (unpaired) electrons. The van der Waals surface area contributed by atoms with Crippen molar-refractivity contribution in [3.8, 4) is 0 Å². The van der Waals surface area contributed by atoms with Gasteiger partial charge in [0.15, 0.2) is 5.13 Å². The lowest BCUT2D eigenvalue weighted by Crippen LogP contribution is -2.26. The molecule has 1 aromatic carbocycles. The summed E-state index contributed by atoms with van der Waals surface area (Å²) < 4.78 is 0. The molecule has 7 nitrogen and oxygen atoms in total.